The van der Waals surface area contributed by atoms with Gasteiger partial charge in [0.25, 0.3) is 0 Å². The van der Waals surface area contributed by atoms with Crippen molar-refractivity contribution in [3.05, 3.63) is 77.7 Å². The van der Waals surface area contributed by atoms with Crippen molar-refractivity contribution in [1.29, 1.82) is 0 Å². The molecule has 0 saturated heterocycles. The van der Waals surface area contributed by atoms with Gasteiger partial charge in [0.1, 0.15) is 0 Å². The summed E-state index contributed by atoms with van der Waals surface area (Å²) >= 11 is 1.88. The molecule has 0 saturated carbocycles. The first-order chi connectivity index (χ1) is 10.8. The predicted molar refractivity (Wildman–Crippen MR) is 98.2 cm³/mol. The molecular weight excluding hydrogens is 284 g/mol. The number of rotatable bonds is 2. The molecule has 3 aromatic rings. The number of hydrogen-bond acceptors (Lipinski definition) is 1. The highest BCUT2D eigenvalue weighted by molar-refractivity contribution is 7.16. The van der Waals surface area contributed by atoms with Gasteiger partial charge in [-0.1, -0.05) is 61.5 Å². The minimum Gasteiger partial charge on any atom is -0.135 e. The minimum atomic E-state index is 0.670. The zero-order valence-corrected chi connectivity index (χ0v) is 13.4. The molecule has 0 N–H and O–H groups in total. The summed E-state index contributed by atoms with van der Waals surface area (Å²) < 4.78 is 0. The minimum absolute atomic E-state index is 0.670. The third kappa shape index (κ3) is 2.53. The predicted octanol–water partition coefficient (Wildman–Crippen LogP) is 6.55. The number of thiophene rings is 1. The van der Waals surface area contributed by atoms with Gasteiger partial charge in [0.2, 0.25) is 0 Å². The summed E-state index contributed by atoms with van der Waals surface area (Å²) in [6.07, 6.45) is 8.09. The standard InChI is InChI=1S/C21H18S/c1-15-6-8-17(9-7-15)20-12-13-21(22-20)19-11-10-16-4-2-3-5-18(16)14-19/h2-6,8-15H,7H2,1H3. The van der Waals surface area contributed by atoms with Crippen LogP contribution in [0.2, 0.25) is 0 Å². The van der Waals surface area contributed by atoms with Crippen molar-refractivity contribution in [3.8, 4) is 10.4 Å². The van der Waals surface area contributed by atoms with E-state index in [1.165, 1.54) is 31.7 Å². The molecule has 0 aliphatic heterocycles. The lowest BCUT2D eigenvalue weighted by Crippen LogP contribution is -1.92. The topological polar surface area (TPSA) is 0 Å². The van der Waals surface area contributed by atoms with Crippen LogP contribution < -0.4 is 0 Å². The van der Waals surface area contributed by atoms with Gasteiger partial charge < -0.3 is 0 Å². The van der Waals surface area contributed by atoms with E-state index < -0.39 is 0 Å². The highest BCUT2D eigenvalue weighted by atomic mass is 32.1. The molecule has 22 heavy (non-hydrogen) atoms. The molecule has 1 aliphatic rings. The van der Waals surface area contributed by atoms with Crippen molar-refractivity contribution < 1.29 is 0 Å². The summed E-state index contributed by atoms with van der Waals surface area (Å²) in [7, 11) is 0. The van der Waals surface area contributed by atoms with E-state index in [0.717, 1.165) is 6.42 Å². The van der Waals surface area contributed by atoms with Crippen molar-refractivity contribution in [2.45, 2.75) is 13.3 Å². The van der Waals surface area contributed by atoms with Gasteiger partial charge in [0.05, 0.1) is 0 Å². The second kappa shape index (κ2) is 5.58. The first-order valence-electron chi connectivity index (χ1n) is 7.77. The van der Waals surface area contributed by atoms with Crippen LogP contribution in [-0.2, 0) is 0 Å². The van der Waals surface area contributed by atoms with Gasteiger partial charge in [0, 0.05) is 9.75 Å². The van der Waals surface area contributed by atoms with E-state index in [1.807, 2.05) is 11.3 Å². The smallest absolute Gasteiger partial charge is 0.0349 e. The maximum Gasteiger partial charge on any atom is 0.0349 e. The Morgan fingerprint density at radius 1 is 0.909 bits per heavy atom. The summed E-state index contributed by atoms with van der Waals surface area (Å²) in [6.45, 7) is 2.26. The first kappa shape index (κ1) is 13.5. The fraction of sp³-hybridized carbons (Fsp3) is 0.143. The molecular formula is C21H18S. The summed E-state index contributed by atoms with van der Waals surface area (Å²) in [5.41, 5.74) is 2.68. The SMILES string of the molecule is CC1C=CC(c2ccc(-c3ccc4ccccc4c3)s2)=CC1. The molecule has 0 fully saturated rings. The molecule has 0 radical (unpaired) electrons. The molecule has 0 nitrogen and oxygen atoms in total. The Morgan fingerprint density at radius 2 is 1.73 bits per heavy atom. The quantitative estimate of drug-likeness (QED) is 0.503. The van der Waals surface area contributed by atoms with Crippen LogP contribution in [-0.4, -0.2) is 0 Å². The summed E-state index contributed by atoms with van der Waals surface area (Å²) in [4.78, 5) is 2.71. The van der Waals surface area contributed by atoms with Crippen LogP contribution >= 0.6 is 11.3 Å². The van der Waals surface area contributed by atoms with Crippen LogP contribution in [0.15, 0.2) is 72.8 Å². The fourth-order valence-corrected chi connectivity index (χ4v) is 3.92. The van der Waals surface area contributed by atoms with E-state index in [1.54, 1.807) is 0 Å². The summed E-state index contributed by atoms with van der Waals surface area (Å²) in [6, 6.07) is 19.8. The van der Waals surface area contributed by atoms with Crippen LogP contribution in [0, 0.1) is 5.92 Å². The lowest BCUT2D eigenvalue weighted by Gasteiger charge is -2.10. The third-order valence-corrected chi connectivity index (χ3v) is 5.42. The molecule has 1 aromatic heterocycles. The van der Waals surface area contributed by atoms with Crippen LogP contribution in [0.3, 0.4) is 0 Å². The number of hydrogen-bond donors (Lipinski definition) is 0. The van der Waals surface area contributed by atoms with E-state index >= 15 is 0 Å². The molecule has 2 aromatic carbocycles. The average Bonchev–Trinajstić information content (AvgIpc) is 3.05. The number of fused-ring (bicyclic) bond motifs is 1. The van der Waals surface area contributed by atoms with E-state index in [4.69, 9.17) is 0 Å². The molecule has 0 spiro atoms. The normalized spacial score (nSPS) is 17.7. The van der Waals surface area contributed by atoms with E-state index in [9.17, 15) is 0 Å². The van der Waals surface area contributed by atoms with Gasteiger partial charge >= 0.3 is 0 Å². The van der Waals surface area contributed by atoms with Gasteiger partial charge in [-0.15, -0.1) is 11.3 Å². The van der Waals surface area contributed by atoms with Crippen molar-refractivity contribution in [2.75, 3.05) is 0 Å². The molecule has 1 aliphatic carbocycles. The second-order valence-electron chi connectivity index (χ2n) is 5.96. The summed E-state index contributed by atoms with van der Waals surface area (Å²) in [5, 5.41) is 2.61. The Kier molecular flexibility index (Phi) is 3.44. The third-order valence-electron chi connectivity index (χ3n) is 4.24. The molecule has 1 atom stereocenters. The number of allylic oxidation sites excluding steroid dienone is 4. The average molecular weight is 302 g/mol. The summed E-state index contributed by atoms with van der Waals surface area (Å²) in [5.74, 6) is 0.670. The van der Waals surface area contributed by atoms with Crippen molar-refractivity contribution in [1.82, 2.24) is 0 Å². The molecule has 1 unspecified atom stereocenters. The van der Waals surface area contributed by atoms with Crippen molar-refractivity contribution in [2.24, 2.45) is 5.92 Å². The number of benzene rings is 2. The highest BCUT2D eigenvalue weighted by Crippen LogP contribution is 2.35. The highest BCUT2D eigenvalue weighted by Gasteiger charge is 2.09. The lowest BCUT2D eigenvalue weighted by atomic mass is 9.98. The van der Waals surface area contributed by atoms with Gasteiger partial charge in [-0.25, -0.2) is 0 Å². The van der Waals surface area contributed by atoms with E-state index in [-0.39, 0.29) is 0 Å². The van der Waals surface area contributed by atoms with Crippen molar-refractivity contribution >= 4 is 27.7 Å². The Bertz CT molecular complexity index is 880. The lowest BCUT2D eigenvalue weighted by molar-refractivity contribution is 0.739. The molecule has 108 valence electrons. The Labute approximate surface area is 135 Å². The molecule has 0 bridgehead atoms. The maximum atomic E-state index is 2.36. The zero-order chi connectivity index (χ0) is 14.9. The molecule has 1 heteroatoms. The maximum absolute atomic E-state index is 2.36. The van der Waals surface area contributed by atoms with Crippen LogP contribution in [0.1, 0.15) is 18.2 Å². The van der Waals surface area contributed by atoms with Gasteiger partial charge in [-0.2, -0.15) is 0 Å². The fourth-order valence-electron chi connectivity index (χ4n) is 2.90. The second-order valence-corrected chi connectivity index (χ2v) is 7.04. The van der Waals surface area contributed by atoms with E-state index in [2.05, 4.69) is 79.7 Å². The van der Waals surface area contributed by atoms with Gasteiger partial charge in [0.15, 0.2) is 0 Å². The first-order valence-corrected chi connectivity index (χ1v) is 8.59. The largest absolute Gasteiger partial charge is 0.135 e. The molecule has 4 rings (SSSR count). The van der Waals surface area contributed by atoms with Gasteiger partial charge in [-0.3, -0.25) is 0 Å². The van der Waals surface area contributed by atoms with Crippen LogP contribution in [0.25, 0.3) is 26.8 Å². The molecule has 1 heterocycles. The Balaban J connectivity index is 1.69. The Morgan fingerprint density at radius 3 is 2.55 bits per heavy atom. The van der Waals surface area contributed by atoms with Crippen molar-refractivity contribution in [3.63, 3.8) is 0 Å². The van der Waals surface area contributed by atoms with Crippen LogP contribution in [0.4, 0.5) is 0 Å². The Hall–Kier alpha value is -2.12. The van der Waals surface area contributed by atoms with Crippen LogP contribution in [0.5, 0.6) is 0 Å². The van der Waals surface area contributed by atoms with Gasteiger partial charge in [-0.05, 0) is 52.4 Å². The molecule has 0 amide bonds. The zero-order valence-electron chi connectivity index (χ0n) is 12.6. The monoisotopic (exact) mass is 302 g/mol. The van der Waals surface area contributed by atoms with E-state index in [0.29, 0.717) is 5.92 Å².